The SMILES string of the molecule is CC(=O)Nc1ccc(CNCc2ncc(C)s2)cc1. The zero-order valence-corrected chi connectivity index (χ0v) is 11.9. The molecule has 0 aliphatic rings. The fourth-order valence-corrected chi connectivity index (χ4v) is 2.46. The maximum atomic E-state index is 10.9. The molecule has 2 aromatic rings. The van der Waals surface area contributed by atoms with Crippen molar-refractivity contribution in [2.75, 3.05) is 5.32 Å². The molecule has 1 heterocycles. The highest BCUT2D eigenvalue weighted by Crippen LogP contribution is 2.12. The molecule has 1 aromatic carbocycles. The molecule has 1 aromatic heterocycles. The Balaban J connectivity index is 1.81. The van der Waals surface area contributed by atoms with Crippen molar-refractivity contribution in [3.05, 3.63) is 45.9 Å². The molecular formula is C14H17N3OS. The van der Waals surface area contributed by atoms with E-state index in [9.17, 15) is 4.79 Å². The van der Waals surface area contributed by atoms with Gasteiger partial charge in [0.2, 0.25) is 5.91 Å². The van der Waals surface area contributed by atoms with Crippen LogP contribution in [-0.2, 0) is 17.9 Å². The first-order valence-electron chi connectivity index (χ1n) is 6.12. The van der Waals surface area contributed by atoms with Crippen molar-refractivity contribution in [2.24, 2.45) is 0 Å². The summed E-state index contributed by atoms with van der Waals surface area (Å²) in [4.78, 5) is 16.4. The quantitative estimate of drug-likeness (QED) is 0.882. The summed E-state index contributed by atoms with van der Waals surface area (Å²) in [7, 11) is 0. The third-order valence-corrected chi connectivity index (χ3v) is 3.46. The number of nitrogens with zero attached hydrogens (tertiary/aromatic N) is 1. The Hall–Kier alpha value is -1.72. The van der Waals surface area contributed by atoms with Crippen molar-refractivity contribution < 1.29 is 4.79 Å². The number of benzene rings is 1. The van der Waals surface area contributed by atoms with Gasteiger partial charge >= 0.3 is 0 Å². The lowest BCUT2D eigenvalue weighted by Gasteiger charge is -2.05. The molecule has 5 heteroatoms. The van der Waals surface area contributed by atoms with Gasteiger partial charge in [-0.25, -0.2) is 4.98 Å². The lowest BCUT2D eigenvalue weighted by Crippen LogP contribution is -2.12. The second kappa shape index (κ2) is 6.45. The Kier molecular flexibility index (Phi) is 4.65. The monoisotopic (exact) mass is 275 g/mol. The lowest BCUT2D eigenvalue weighted by molar-refractivity contribution is -0.114. The first-order chi connectivity index (χ1) is 9.13. The van der Waals surface area contributed by atoms with E-state index in [2.05, 4.69) is 22.5 Å². The van der Waals surface area contributed by atoms with Crippen LogP contribution in [0.5, 0.6) is 0 Å². The van der Waals surface area contributed by atoms with Gasteiger partial charge in [-0.1, -0.05) is 12.1 Å². The number of rotatable bonds is 5. The van der Waals surface area contributed by atoms with Crippen LogP contribution in [0.1, 0.15) is 22.4 Å². The molecule has 0 aliphatic carbocycles. The molecule has 100 valence electrons. The lowest BCUT2D eigenvalue weighted by atomic mass is 10.2. The Morgan fingerprint density at radius 1 is 1.26 bits per heavy atom. The molecule has 0 radical (unpaired) electrons. The third-order valence-electron chi connectivity index (χ3n) is 2.55. The molecule has 4 nitrogen and oxygen atoms in total. The summed E-state index contributed by atoms with van der Waals surface area (Å²) in [5, 5.41) is 7.21. The fraction of sp³-hybridized carbons (Fsp3) is 0.286. The van der Waals surface area contributed by atoms with Gasteiger partial charge in [-0.3, -0.25) is 4.79 Å². The number of anilines is 1. The molecule has 1 amide bonds. The summed E-state index contributed by atoms with van der Waals surface area (Å²) in [6.07, 6.45) is 1.89. The van der Waals surface area contributed by atoms with Crippen LogP contribution in [0.15, 0.2) is 30.5 Å². The van der Waals surface area contributed by atoms with Crippen molar-refractivity contribution in [1.82, 2.24) is 10.3 Å². The van der Waals surface area contributed by atoms with E-state index in [1.165, 1.54) is 17.4 Å². The number of thiazole rings is 1. The summed E-state index contributed by atoms with van der Waals surface area (Å²) >= 11 is 1.71. The number of carbonyl (C=O) groups is 1. The average Bonchev–Trinajstić information content (AvgIpc) is 2.77. The second-order valence-corrected chi connectivity index (χ2v) is 5.67. The Morgan fingerprint density at radius 2 is 2.00 bits per heavy atom. The van der Waals surface area contributed by atoms with Gasteiger partial charge < -0.3 is 10.6 Å². The van der Waals surface area contributed by atoms with Gasteiger partial charge in [0.1, 0.15) is 5.01 Å². The van der Waals surface area contributed by atoms with E-state index in [0.29, 0.717) is 0 Å². The van der Waals surface area contributed by atoms with Crippen LogP contribution >= 0.6 is 11.3 Å². The molecular weight excluding hydrogens is 258 g/mol. The molecule has 0 saturated heterocycles. The van der Waals surface area contributed by atoms with E-state index in [1.807, 2.05) is 30.5 Å². The highest BCUT2D eigenvalue weighted by atomic mass is 32.1. The summed E-state index contributed by atoms with van der Waals surface area (Å²) < 4.78 is 0. The van der Waals surface area contributed by atoms with Crippen LogP contribution in [0, 0.1) is 6.92 Å². The van der Waals surface area contributed by atoms with Gasteiger partial charge in [-0.05, 0) is 24.6 Å². The van der Waals surface area contributed by atoms with Crippen molar-refractivity contribution >= 4 is 22.9 Å². The second-order valence-electron chi connectivity index (χ2n) is 4.35. The average molecular weight is 275 g/mol. The highest BCUT2D eigenvalue weighted by molar-refractivity contribution is 7.11. The topological polar surface area (TPSA) is 54.0 Å². The highest BCUT2D eigenvalue weighted by Gasteiger charge is 1.99. The molecule has 2 rings (SSSR count). The molecule has 19 heavy (non-hydrogen) atoms. The van der Waals surface area contributed by atoms with Crippen LogP contribution < -0.4 is 10.6 Å². The van der Waals surface area contributed by atoms with E-state index >= 15 is 0 Å². The number of hydrogen-bond acceptors (Lipinski definition) is 4. The zero-order valence-electron chi connectivity index (χ0n) is 11.1. The largest absolute Gasteiger partial charge is 0.326 e. The zero-order chi connectivity index (χ0) is 13.7. The van der Waals surface area contributed by atoms with Crippen LogP contribution in [0.2, 0.25) is 0 Å². The summed E-state index contributed by atoms with van der Waals surface area (Å²) in [6.45, 7) is 5.14. The number of amides is 1. The summed E-state index contributed by atoms with van der Waals surface area (Å²) in [5.41, 5.74) is 2.01. The number of hydrogen-bond donors (Lipinski definition) is 2. The van der Waals surface area contributed by atoms with E-state index < -0.39 is 0 Å². The van der Waals surface area contributed by atoms with Gasteiger partial charge in [-0.2, -0.15) is 0 Å². The molecule has 0 saturated carbocycles. The van der Waals surface area contributed by atoms with Crippen molar-refractivity contribution in [3.8, 4) is 0 Å². The van der Waals surface area contributed by atoms with Crippen LogP contribution in [0.25, 0.3) is 0 Å². The Bertz CT molecular complexity index is 548. The predicted octanol–water partition coefficient (Wildman–Crippen LogP) is 2.70. The molecule has 0 fully saturated rings. The van der Waals surface area contributed by atoms with Crippen molar-refractivity contribution in [1.29, 1.82) is 0 Å². The van der Waals surface area contributed by atoms with Crippen molar-refractivity contribution in [2.45, 2.75) is 26.9 Å². The van der Waals surface area contributed by atoms with Gasteiger partial charge in [0.15, 0.2) is 0 Å². The molecule has 0 unspecified atom stereocenters. The van der Waals surface area contributed by atoms with Crippen LogP contribution in [0.4, 0.5) is 5.69 Å². The summed E-state index contributed by atoms with van der Waals surface area (Å²) in [5.74, 6) is -0.0509. The van der Waals surface area contributed by atoms with Crippen LogP contribution in [0.3, 0.4) is 0 Å². The Labute approximate surface area is 116 Å². The van der Waals surface area contributed by atoms with Crippen molar-refractivity contribution in [3.63, 3.8) is 0 Å². The van der Waals surface area contributed by atoms with E-state index in [1.54, 1.807) is 11.3 Å². The van der Waals surface area contributed by atoms with E-state index in [-0.39, 0.29) is 5.91 Å². The van der Waals surface area contributed by atoms with E-state index in [0.717, 1.165) is 23.8 Å². The number of nitrogens with one attached hydrogen (secondary N) is 2. The molecule has 0 atom stereocenters. The fourth-order valence-electron chi connectivity index (χ4n) is 1.71. The van der Waals surface area contributed by atoms with Crippen LogP contribution in [-0.4, -0.2) is 10.9 Å². The normalized spacial score (nSPS) is 10.4. The molecule has 2 N–H and O–H groups in total. The first-order valence-corrected chi connectivity index (χ1v) is 6.93. The number of aryl methyl sites for hydroxylation is 1. The number of aromatic nitrogens is 1. The molecule has 0 bridgehead atoms. The minimum absolute atomic E-state index is 0.0509. The summed E-state index contributed by atoms with van der Waals surface area (Å²) in [6, 6.07) is 7.83. The maximum absolute atomic E-state index is 10.9. The maximum Gasteiger partial charge on any atom is 0.221 e. The smallest absolute Gasteiger partial charge is 0.221 e. The predicted molar refractivity (Wildman–Crippen MR) is 78.1 cm³/mol. The minimum Gasteiger partial charge on any atom is -0.326 e. The number of carbonyl (C=O) groups excluding carboxylic acids is 1. The molecule has 0 aliphatic heterocycles. The first kappa shape index (κ1) is 13.7. The Morgan fingerprint density at radius 3 is 2.58 bits per heavy atom. The third kappa shape index (κ3) is 4.46. The van der Waals surface area contributed by atoms with Gasteiger partial charge in [0.25, 0.3) is 0 Å². The van der Waals surface area contributed by atoms with Gasteiger partial charge in [-0.15, -0.1) is 11.3 Å². The van der Waals surface area contributed by atoms with E-state index in [4.69, 9.17) is 0 Å². The molecule has 0 spiro atoms. The van der Waals surface area contributed by atoms with Gasteiger partial charge in [0, 0.05) is 36.8 Å². The minimum atomic E-state index is -0.0509. The standard InChI is InChI=1S/C14H17N3OS/c1-10-7-16-14(19-10)9-15-8-12-3-5-13(6-4-12)17-11(2)18/h3-7,15H,8-9H2,1-2H3,(H,17,18). The van der Waals surface area contributed by atoms with Gasteiger partial charge in [0.05, 0.1) is 0 Å².